The number of imide groups is 1. The van der Waals surface area contributed by atoms with E-state index in [2.05, 4.69) is 46.8 Å². The average Bonchev–Trinajstić information content (AvgIpc) is 3.56. The summed E-state index contributed by atoms with van der Waals surface area (Å²) in [7, 11) is 0. The first-order chi connectivity index (χ1) is 18.9. The molecule has 2 fully saturated rings. The van der Waals surface area contributed by atoms with E-state index in [0.717, 1.165) is 49.7 Å². The van der Waals surface area contributed by atoms with Crippen LogP contribution in [0.5, 0.6) is 0 Å². The Kier molecular flexibility index (Phi) is 6.85. The van der Waals surface area contributed by atoms with Crippen molar-refractivity contribution in [3.05, 3.63) is 75.2 Å². The fourth-order valence-electron chi connectivity index (χ4n) is 6.14. The second-order valence-electron chi connectivity index (χ2n) is 10.7. The van der Waals surface area contributed by atoms with Crippen molar-refractivity contribution in [2.24, 2.45) is 5.92 Å². The molecule has 39 heavy (non-hydrogen) atoms. The van der Waals surface area contributed by atoms with Crippen LogP contribution >= 0.6 is 11.3 Å². The van der Waals surface area contributed by atoms with Crippen LogP contribution < -0.4 is 9.80 Å². The Hall–Kier alpha value is -3.72. The van der Waals surface area contributed by atoms with Crippen LogP contribution in [-0.4, -0.2) is 71.8 Å². The predicted molar refractivity (Wildman–Crippen MR) is 152 cm³/mol. The molecule has 0 aliphatic carbocycles. The van der Waals surface area contributed by atoms with Gasteiger partial charge in [0.05, 0.1) is 23.4 Å². The van der Waals surface area contributed by atoms with Gasteiger partial charge in [-0.2, -0.15) is 0 Å². The molecule has 0 spiro atoms. The maximum Gasteiger partial charge on any atom is 0.264 e. The van der Waals surface area contributed by atoms with Gasteiger partial charge in [-0.15, -0.1) is 11.3 Å². The van der Waals surface area contributed by atoms with Gasteiger partial charge in [0.2, 0.25) is 5.91 Å². The van der Waals surface area contributed by atoms with Gasteiger partial charge in [-0.3, -0.25) is 19.3 Å². The molecule has 3 aliphatic rings. The second-order valence-corrected chi connectivity index (χ2v) is 11.7. The van der Waals surface area contributed by atoms with Gasteiger partial charge < -0.3 is 14.7 Å². The molecule has 6 rings (SSSR count). The Morgan fingerprint density at radius 1 is 0.923 bits per heavy atom. The third kappa shape index (κ3) is 4.80. The maximum atomic E-state index is 13.4. The number of anilines is 2. The quantitative estimate of drug-likeness (QED) is 0.451. The Morgan fingerprint density at radius 3 is 2.36 bits per heavy atom. The number of hydrogen-bond donors (Lipinski definition) is 0. The number of fused-ring (bicyclic) bond motifs is 1. The summed E-state index contributed by atoms with van der Waals surface area (Å²) < 4.78 is 0. The van der Waals surface area contributed by atoms with Crippen LogP contribution in [-0.2, 0) is 11.3 Å². The van der Waals surface area contributed by atoms with Crippen LogP contribution in [0.3, 0.4) is 0 Å². The molecule has 0 N–H and O–H groups in total. The van der Waals surface area contributed by atoms with Crippen molar-refractivity contribution < 1.29 is 14.4 Å². The number of rotatable bonds is 5. The second kappa shape index (κ2) is 10.4. The van der Waals surface area contributed by atoms with Gasteiger partial charge in [0.25, 0.3) is 11.8 Å². The van der Waals surface area contributed by atoms with Crippen molar-refractivity contribution in [2.75, 3.05) is 49.1 Å². The lowest BCUT2D eigenvalue weighted by molar-refractivity contribution is -0.136. The van der Waals surface area contributed by atoms with Crippen LogP contribution in [0.2, 0.25) is 0 Å². The largest absolute Gasteiger partial charge is 0.371 e. The minimum atomic E-state index is -0.267. The molecular weight excluding hydrogens is 510 g/mol. The lowest BCUT2D eigenvalue weighted by Crippen LogP contribution is -2.52. The van der Waals surface area contributed by atoms with E-state index in [1.165, 1.54) is 33.1 Å². The molecule has 1 aromatic heterocycles. The standard InChI is InChI=1S/C30H33N5O3S/c1-20-6-7-24(21(2)18-20)33-13-15-34(16-14-33)28(36)22-8-11-32(12-9-22)25-5-3-4-23-27(25)30(38)35(29(23)37)19-26-31-10-17-39-26/h3-7,10,17-18,22H,8-9,11-16,19H2,1-2H3. The average molecular weight is 544 g/mol. The Bertz CT molecular complexity index is 1410. The van der Waals surface area contributed by atoms with E-state index >= 15 is 0 Å². The summed E-state index contributed by atoms with van der Waals surface area (Å²) in [5.41, 5.74) is 5.53. The monoisotopic (exact) mass is 543 g/mol. The fourth-order valence-corrected chi connectivity index (χ4v) is 6.75. The van der Waals surface area contributed by atoms with Crippen molar-refractivity contribution in [2.45, 2.75) is 33.2 Å². The number of carbonyl (C=O) groups excluding carboxylic acids is 3. The summed E-state index contributed by atoms with van der Waals surface area (Å²) in [6.07, 6.45) is 3.16. The molecular formula is C30H33N5O3S. The molecule has 3 aliphatic heterocycles. The molecule has 3 aromatic rings. The zero-order valence-electron chi connectivity index (χ0n) is 22.4. The third-order valence-electron chi connectivity index (χ3n) is 8.22. The SMILES string of the molecule is Cc1ccc(N2CCN(C(=O)C3CCN(c4cccc5c4C(=O)N(Cc4nccs4)C5=O)CC3)CC2)c(C)c1. The zero-order chi connectivity index (χ0) is 27.1. The lowest BCUT2D eigenvalue weighted by atomic mass is 9.93. The molecule has 2 saturated heterocycles. The fraction of sp³-hybridized carbons (Fsp3) is 0.400. The topological polar surface area (TPSA) is 77.1 Å². The predicted octanol–water partition coefficient (Wildman–Crippen LogP) is 4.12. The highest BCUT2D eigenvalue weighted by atomic mass is 32.1. The van der Waals surface area contributed by atoms with E-state index in [-0.39, 0.29) is 30.2 Å². The van der Waals surface area contributed by atoms with Crippen LogP contribution in [0, 0.1) is 19.8 Å². The minimum absolute atomic E-state index is 0.00981. The van der Waals surface area contributed by atoms with Gasteiger partial charge >= 0.3 is 0 Å². The number of hydrogen-bond acceptors (Lipinski definition) is 7. The van der Waals surface area contributed by atoms with Gasteiger partial charge in [0, 0.05) is 62.5 Å². The molecule has 0 atom stereocenters. The highest BCUT2D eigenvalue weighted by molar-refractivity contribution is 7.09. The number of amides is 3. The number of carbonyl (C=O) groups is 3. The van der Waals surface area contributed by atoms with Crippen LogP contribution in [0.4, 0.5) is 11.4 Å². The van der Waals surface area contributed by atoms with Gasteiger partial charge in [0.1, 0.15) is 5.01 Å². The number of thiazole rings is 1. The molecule has 0 saturated carbocycles. The molecule has 0 bridgehead atoms. The molecule has 2 aromatic carbocycles. The number of aromatic nitrogens is 1. The first-order valence-electron chi connectivity index (χ1n) is 13.6. The van der Waals surface area contributed by atoms with Crippen LogP contribution in [0.25, 0.3) is 0 Å². The summed E-state index contributed by atoms with van der Waals surface area (Å²) >= 11 is 1.43. The lowest BCUT2D eigenvalue weighted by Gasteiger charge is -2.40. The van der Waals surface area contributed by atoms with Gasteiger partial charge in [-0.1, -0.05) is 23.8 Å². The zero-order valence-corrected chi connectivity index (χ0v) is 23.2. The van der Waals surface area contributed by atoms with Crippen molar-refractivity contribution >= 4 is 40.4 Å². The first kappa shape index (κ1) is 25.6. The summed E-state index contributed by atoms with van der Waals surface area (Å²) in [5.74, 6) is -0.295. The number of piperazine rings is 1. The van der Waals surface area contributed by atoms with Crippen molar-refractivity contribution in [3.8, 4) is 0 Å². The Morgan fingerprint density at radius 2 is 1.67 bits per heavy atom. The smallest absolute Gasteiger partial charge is 0.264 e. The number of benzene rings is 2. The van der Waals surface area contributed by atoms with Gasteiger partial charge in [-0.25, -0.2) is 4.98 Å². The third-order valence-corrected chi connectivity index (χ3v) is 8.99. The van der Waals surface area contributed by atoms with Crippen molar-refractivity contribution in [1.82, 2.24) is 14.8 Å². The van der Waals surface area contributed by atoms with E-state index in [1.54, 1.807) is 12.3 Å². The molecule has 0 radical (unpaired) electrons. The van der Waals surface area contributed by atoms with Crippen LogP contribution in [0.15, 0.2) is 48.0 Å². The summed E-state index contributed by atoms with van der Waals surface area (Å²) in [4.78, 5) is 51.9. The van der Waals surface area contributed by atoms with Crippen molar-refractivity contribution in [1.29, 1.82) is 0 Å². The summed E-state index contributed by atoms with van der Waals surface area (Å²) in [5, 5.41) is 2.58. The van der Waals surface area contributed by atoms with E-state index in [0.29, 0.717) is 24.2 Å². The number of piperidine rings is 1. The highest BCUT2D eigenvalue weighted by Gasteiger charge is 2.40. The van der Waals surface area contributed by atoms with Gasteiger partial charge in [0.15, 0.2) is 0 Å². The van der Waals surface area contributed by atoms with Crippen LogP contribution in [0.1, 0.15) is 49.7 Å². The van der Waals surface area contributed by atoms with Gasteiger partial charge in [-0.05, 0) is 50.5 Å². The molecule has 9 heteroatoms. The number of nitrogens with zero attached hydrogens (tertiary/aromatic N) is 5. The highest BCUT2D eigenvalue weighted by Crippen LogP contribution is 2.35. The molecule has 8 nitrogen and oxygen atoms in total. The van der Waals surface area contributed by atoms with Crippen molar-refractivity contribution in [3.63, 3.8) is 0 Å². The minimum Gasteiger partial charge on any atom is -0.371 e. The maximum absolute atomic E-state index is 13.4. The summed E-state index contributed by atoms with van der Waals surface area (Å²) in [6.45, 7) is 8.99. The van der Waals surface area contributed by atoms with E-state index in [1.807, 2.05) is 22.4 Å². The normalized spacial score (nSPS) is 18.2. The first-order valence-corrected chi connectivity index (χ1v) is 14.5. The molecule has 3 amide bonds. The van der Waals surface area contributed by atoms with E-state index in [4.69, 9.17) is 0 Å². The Labute approximate surface area is 232 Å². The molecule has 4 heterocycles. The van der Waals surface area contributed by atoms with E-state index < -0.39 is 0 Å². The molecule has 0 unspecified atom stereocenters. The number of aryl methyl sites for hydroxylation is 2. The van der Waals surface area contributed by atoms with E-state index in [9.17, 15) is 14.4 Å². The Balaban J connectivity index is 1.08. The molecule has 202 valence electrons. The summed E-state index contributed by atoms with van der Waals surface area (Å²) in [6, 6.07) is 12.1.